The van der Waals surface area contributed by atoms with Crippen LogP contribution in [0.5, 0.6) is 17.2 Å². The second-order valence-corrected chi connectivity index (χ2v) is 4.55. The first-order valence-electron chi connectivity index (χ1n) is 6.40. The minimum Gasteiger partial charge on any atom is -0.485 e. The van der Waals surface area contributed by atoms with E-state index in [1.54, 1.807) is 18.2 Å². The van der Waals surface area contributed by atoms with Gasteiger partial charge in [-0.05, 0) is 30.7 Å². The zero-order valence-corrected chi connectivity index (χ0v) is 11.0. The van der Waals surface area contributed by atoms with E-state index in [2.05, 4.69) is 0 Å². The van der Waals surface area contributed by atoms with Gasteiger partial charge in [-0.1, -0.05) is 30.3 Å². The maximum atomic E-state index is 12.1. The summed E-state index contributed by atoms with van der Waals surface area (Å²) in [6.45, 7) is 2.04. The lowest BCUT2D eigenvalue weighted by Crippen LogP contribution is -2.39. The SMILES string of the molecule is Cc1ccccc1OC(=O)C1COc2ccccc2O1. The Labute approximate surface area is 116 Å². The molecule has 0 amide bonds. The molecule has 1 heterocycles. The van der Waals surface area contributed by atoms with Gasteiger partial charge in [0.1, 0.15) is 12.4 Å². The van der Waals surface area contributed by atoms with E-state index in [0.29, 0.717) is 17.2 Å². The molecule has 1 aliphatic rings. The molecule has 0 saturated carbocycles. The molecule has 0 N–H and O–H groups in total. The number of para-hydroxylation sites is 3. The summed E-state index contributed by atoms with van der Waals surface area (Å²) >= 11 is 0. The van der Waals surface area contributed by atoms with Crippen molar-refractivity contribution in [3.05, 3.63) is 54.1 Å². The molecule has 3 rings (SSSR count). The number of aryl methyl sites for hydroxylation is 1. The van der Waals surface area contributed by atoms with Crippen molar-refractivity contribution in [1.29, 1.82) is 0 Å². The van der Waals surface area contributed by atoms with Crippen molar-refractivity contribution < 1.29 is 19.0 Å². The van der Waals surface area contributed by atoms with Gasteiger partial charge in [0, 0.05) is 0 Å². The van der Waals surface area contributed by atoms with Crippen molar-refractivity contribution in [2.24, 2.45) is 0 Å². The lowest BCUT2D eigenvalue weighted by molar-refractivity contribution is -0.144. The molecule has 2 aromatic carbocycles. The normalized spacial score (nSPS) is 16.6. The minimum atomic E-state index is -0.746. The second-order valence-electron chi connectivity index (χ2n) is 4.55. The number of fused-ring (bicyclic) bond motifs is 1. The first kappa shape index (κ1) is 12.5. The molecule has 0 bridgehead atoms. The number of hydrogen-bond donors (Lipinski definition) is 0. The summed E-state index contributed by atoms with van der Waals surface area (Å²) in [4.78, 5) is 12.1. The van der Waals surface area contributed by atoms with Crippen LogP contribution in [-0.2, 0) is 4.79 Å². The summed E-state index contributed by atoms with van der Waals surface area (Å²) in [5.41, 5.74) is 0.901. The number of hydrogen-bond acceptors (Lipinski definition) is 4. The van der Waals surface area contributed by atoms with E-state index in [4.69, 9.17) is 14.2 Å². The predicted octanol–water partition coefficient (Wildman–Crippen LogP) is 2.74. The van der Waals surface area contributed by atoms with Crippen molar-refractivity contribution in [3.63, 3.8) is 0 Å². The Kier molecular flexibility index (Phi) is 3.29. The summed E-state index contributed by atoms with van der Waals surface area (Å²) in [5, 5.41) is 0. The maximum Gasteiger partial charge on any atom is 0.356 e. The van der Waals surface area contributed by atoms with Crippen molar-refractivity contribution in [3.8, 4) is 17.2 Å². The molecular weight excluding hydrogens is 256 g/mol. The number of benzene rings is 2. The molecule has 4 nitrogen and oxygen atoms in total. The fraction of sp³-hybridized carbons (Fsp3) is 0.188. The summed E-state index contributed by atoms with van der Waals surface area (Å²) < 4.78 is 16.5. The van der Waals surface area contributed by atoms with Gasteiger partial charge in [0.25, 0.3) is 0 Å². The number of ether oxygens (including phenoxy) is 3. The van der Waals surface area contributed by atoms with Gasteiger partial charge in [0.05, 0.1) is 0 Å². The van der Waals surface area contributed by atoms with E-state index in [0.717, 1.165) is 5.56 Å². The molecular formula is C16H14O4. The Bertz CT molecular complexity index is 636. The van der Waals surface area contributed by atoms with Crippen LogP contribution >= 0.6 is 0 Å². The average molecular weight is 270 g/mol. The summed E-state index contributed by atoms with van der Waals surface area (Å²) in [7, 11) is 0. The van der Waals surface area contributed by atoms with Gasteiger partial charge in [-0.25, -0.2) is 4.79 Å². The number of esters is 1. The third-order valence-electron chi connectivity index (χ3n) is 3.08. The number of carbonyl (C=O) groups is 1. The molecule has 0 aromatic heterocycles. The molecule has 0 fully saturated rings. The van der Waals surface area contributed by atoms with Crippen LogP contribution < -0.4 is 14.2 Å². The fourth-order valence-electron chi connectivity index (χ4n) is 1.98. The van der Waals surface area contributed by atoms with E-state index >= 15 is 0 Å². The van der Waals surface area contributed by atoms with Crippen LogP contribution in [0, 0.1) is 6.92 Å². The molecule has 0 saturated heterocycles. The van der Waals surface area contributed by atoms with Crippen LogP contribution in [-0.4, -0.2) is 18.7 Å². The highest BCUT2D eigenvalue weighted by Gasteiger charge is 2.29. The van der Waals surface area contributed by atoms with Gasteiger partial charge < -0.3 is 14.2 Å². The molecule has 102 valence electrons. The Morgan fingerprint density at radius 3 is 2.60 bits per heavy atom. The minimum absolute atomic E-state index is 0.154. The van der Waals surface area contributed by atoms with Crippen molar-refractivity contribution >= 4 is 5.97 Å². The summed E-state index contributed by atoms with van der Waals surface area (Å²) in [6, 6.07) is 14.6. The highest BCUT2D eigenvalue weighted by Crippen LogP contribution is 2.31. The largest absolute Gasteiger partial charge is 0.485 e. The lowest BCUT2D eigenvalue weighted by atomic mass is 10.2. The van der Waals surface area contributed by atoms with Crippen LogP contribution in [0.3, 0.4) is 0 Å². The molecule has 4 heteroatoms. The zero-order valence-electron chi connectivity index (χ0n) is 11.0. The predicted molar refractivity (Wildman–Crippen MR) is 73.2 cm³/mol. The first-order chi connectivity index (χ1) is 9.74. The van der Waals surface area contributed by atoms with Crippen LogP contribution in [0.4, 0.5) is 0 Å². The molecule has 1 aliphatic heterocycles. The average Bonchev–Trinajstić information content (AvgIpc) is 2.49. The van der Waals surface area contributed by atoms with Crippen LogP contribution in [0.1, 0.15) is 5.56 Å². The second kappa shape index (κ2) is 5.25. The molecule has 0 spiro atoms. The van der Waals surface area contributed by atoms with Crippen molar-refractivity contribution in [2.45, 2.75) is 13.0 Å². The first-order valence-corrected chi connectivity index (χ1v) is 6.40. The number of rotatable bonds is 2. The standard InChI is InChI=1S/C16H14O4/c1-11-6-2-3-7-12(11)20-16(17)15-10-18-13-8-4-5-9-14(13)19-15/h2-9,15H,10H2,1H3. The van der Waals surface area contributed by atoms with Gasteiger partial charge in [0.2, 0.25) is 6.10 Å². The molecule has 2 aromatic rings. The maximum absolute atomic E-state index is 12.1. The van der Waals surface area contributed by atoms with Gasteiger partial charge in [-0.15, -0.1) is 0 Å². The van der Waals surface area contributed by atoms with E-state index < -0.39 is 12.1 Å². The number of carbonyl (C=O) groups excluding carboxylic acids is 1. The third kappa shape index (κ3) is 2.45. The third-order valence-corrected chi connectivity index (χ3v) is 3.08. The van der Waals surface area contributed by atoms with E-state index in [1.165, 1.54) is 0 Å². The smallest absolute Gasteiger partial charge is 0.356 e. The van der Waals surface area contributed by atoms with E-state index in [1.807, 2.05) is 37.3 Å². The van der Waals surface area contributed by atoms with Gasteiger partial charge in [-0.3, -0.25) is 0 Å². The monoisotopic (exact) mass is 270 g/mol. The van der Waals surface area contributed by atoms with Gasteiger partial charge in [0.15, 0.2) is 11.5 Å². The molecule has 1 unspecified atom stereocenters. The van der Waals surface area contributed by atoms with Gasteiger partial charge in [-0.2, -0.15) is 0 Å². The molecule has 1 atom stereocenters. The lowest BCUT2D eigenvalue weighted by Gasteiger charge is -2.25. The summed E-state index contributed by atoms with van der Waals surface area (Å²) in [5.74, 6) is 1.30. The quantitative estimate of drug-likeness (QED) is 0.621. The Hall–Kier alpha value is -2.49. The van der Waals surface area contributed by atoms with Crippen molar-refractivity contribution in [2.75, 3.05) is 6.61 Å². The van der Waals surface area contributed by atoms with Crippen LogP contribution in [0.15, 0.2) is 48.5 Å². The van der Waals surface area contributed by atoms with Crippen LogP contribution in [0.2, 0.25) is 0 Å². The molecule has 0 aliphatic carbocycles. The van der Waals surface area contributed by atoms with E-state index in [9.17, 15) is 4.79 Å². The fourth-order valence-corrected chi connectivity index (χ4v) is 1.98. The van der Waals surface area contributed by atoms with Crippen molar-refractivity contribution in [1.82, 2.24) is 0 Å². The van der Waals surface area contributed by atoms with Gasteiger partial charge >= 0.3 is 5.97 Å². The molecule has 20 heavy (non-hydrogen) atoms. The Morgan fingerprint density at radius 2 is 1.80 bits per heavy atom. The van der Waals surface area contributed by atoms with E-state index in [-0.39, 0.29) is 6.61 Å². The molecule has 0 radical (unpaired) electrons. The highest BCUT2D eigenvalue weighted by molar-refractivity contribution is 5.78. The Balaban J connectivity index is 1.72. The highest BCUT2D eigenvalue weighted by atomic mass is 16.6. The Morgan fingerprint density at radius 1 is 1.10 bits per heavy atom. The zero-order chi connectivity index (χ0) is 13.9. The van der Waals surface area contributed by atoms with Crippen LogP contribution in [0.25, 0.3) is 0 Å². The summed E-state index contributed by atoms with van der Waals surface area (Å²) in [6.07, 6.45) is -0.746. The topological polar surface area (TPSA) is 44.8 Å².